The number of hydrogen-bond acceptors (Lipinski definition) is 4. The van der Waals surface area contributed by atoms with Crippen molar-refractivity contribution in [3.8, 4) is 0 Å². The lowest BCUT2D eigenvalue weighted by Gasteiger charge is -2.17. The number of benzene rings is 1. The number of fused-ring (bicyclic) bond motifs is 1. The maximum absolute atomic E-state index is 12.1. The topological polar surface area (TPSA) is 100 Å². The van der Waals surface area contributed by atoms with Crippen LogP contribution < -0.4 is 16.0 Å². The summed E-state index contributed by atoms with van der Waals surface area (Å²) in [5.74, 6) is -0.00726. The molecular weight excluding hydrogens is 310 g/mol. The minimum Gasteiger partial charge on any atom is -0.467 e. The fraction of sp³-hybridized carbons (Fsp3) is 0.235. The van der Waals surface area contributed by atoms with Gasteiger partial charge in [0.05, 0.1) is 19.4 Å². The molecule has 0 aliphatic carbocycles. The van der Waals surface area contributed by atoms with Crippen LogP contribution in [0.15, 0.2) is 41.0 Å². The fourth-order valence-electron chi connectivity index (χ4n) is 2.45. The molecule has 0 atom stereocenters. The van der Waals surface area contributed by atoms with Gasteiger partial charge in [0.1, 0.15) is 5.76 Å². The van der Waals surface area contributed by atoms with Gasteiger partial charge in [-0.05, 0) is 42.3 Å². The quantitative estimate of drug-likeness (QED) is 0.768. The molecule has 2 heterocycles. The first-order valence-corrected chi connectivity index (χ1v) is 7.62. The highest BCUT2D eigenvalue weighted by molar-refractivity contribution is 5.99. The standard InChI is InChI=1S/C17H17N3O4/c21-15-6-4-11-8-12(3-5-14(11)20-15)17(23)19-10-16(22)18-9-13-2-1-7-24-13/h1-3,5,7-8H,4,6,9-10H2,(H,18,22)(H,19,23)(H,20,21). The van der Waals surface area contributed by atoms with Crippen LogP contribution >= 0.6 is 0 Å². The molecule has 0 saturated carbocycles. The predicted octanol–water partition coefficient (Wildman–Crippen LogP) is 1.21. The zero-order valence-corrected chi connectivity index (χ0v) is 12.9. The van der Waals surface area contributed by atoms with Crippen molar-refractivity contribution in [2.24, 2.45) is 0 Å². The smallest absolute Gasteiger partial charge is 0.251 e. The second kappa shape index (κ2) is 6.99. The molecule has 3 amide bonds. The van der Waals surface area contributed by atoms with E-state index in [0.717, 1.165) is 11.3 Å². The summed E-state index contributed by atoms with van der Waals surface area (Å²) in [4.78, 5) is 35.2. The van der Waals surface area contributed by atoms with E-state index in [2.05, 4.69) is 16.0 Å². The predicted molar refractivity (Wildman–Crippen MR) is 86.3 cm³/mol. The maximum atomic E-state index is 12.1. The highest BCUT2D eigenvalue weighted by Crippen LogP contribution is 2.23. The first-order chi connectivity index (χ1) is 11.6. The van der Waals surface area contributed by atoms with Crippen molar-refractivity contribution in [1.29, 1.82) is 0 Å². The molecule has 0 bridgehead atoms. The molecule has 0 spiro atoms. The Hall–Kier alpha value is -3.09. The molecule has 1 aliphatic rings. The average molecular weight is 327 g/mol. The van der Waals surface area contributed by atoms with Crippen LogP contribution in [0.2, 0.25) is 0 Å². The second-order valence-corrected chi connectivity index (χ2v) is 5.46. The summed E-state index contributed by atoms with van der Waals surface area (Å²) in [5.41, 5.74) is 2.12. The van der Waals surface area contributed by atoms with Gasteiger partial charge in [0, 0.05) is 17.7 Å². The second-order valence-electron chi connectivity index (χ2n) is 5.46. The molecule has 0 saturated heterocycles. The van der Waals surface area contributed by atoms with Gasteiger partial charge < -0.3 is 20.4 Å². The van der Waals surface area contributed by atoms with Crippen LogP contribution in [0.4, 0.5) is 5.69 Å². The van der Waals surface area contributed by atoms with Crippen molar-refractivity contribution in [3.63, 3.8) is 0 Å². The SMILES string of the molecule is O=C(CNC(=O)c1ccc2c(c1)CCC(=O)N2)NCc1ccco1. The largest absolute Gasteiger partial charge is 0.467 e. The Kier molecular flexibility index (Phi) is 4.60. The lowest BCUT2D eigenvalue weighted by Crippen LogP contribution is -2.36. The number of hydrogen-bond donors (Lipinski definition) is 3. The monoisotopic (exact) mass is 327 g/mol. The van der Waals surface area contributed by atoms with Crippen molar-refractivity contribution in [2.45, 2.75) is 19.4 Å². The number of aryl methyl sites for hydroxylation is 1. The normalized spacial score (nSPS) is 12.9. The van der Waals surface area contributed by atoms with E-state index in [4.69, 9.17) is 4.42 Å². The van der Waals surface area contributed by atoms with Crippen LogP contribution in [0.5, 0.6) is 0 Å². The summed E-state index contributed by atoms with van der Waals surface area (Å²) in [6, 6.07) is 8.57. The first kappa shape index (κ1) is 15.8. The highest BCUT2D eigenvalue weighted by Gasteiger charge is 2.17. The van der Waals surface area contributed by atoms with Crippen molar-refractivity contribution < 1.29 is 18.8 Å². The molecule has 24 heavy (non-hydrogen) atoms. The number of nitrogens with one attached hydrogen (secondary N) is 3. The van der Waals surface area contributed by atoms with E-state index in [1.165, 1.54) is 6.26 Å². The summed E-state index contributed by atoms with van der Waals surface area (Å²) in [6.07, 6.45) is 2.54. The van der Waals surface area contributed by atoms with Gasteiger partial charge in [-0.15, -0.1) is 0 Å². The summed E-state index contributed by atoms with van der Waals surface area (Å²) in [7, 11) is 0. The van der Waals surface area contributed by atoms with E-state index in [9.17, 15) is 14.4 Å². The number of anilines is 1. The molecule has 1 aliphatic heterocycles. The summed E-state index contributed by atoms with van der Waals surface area (Å²) < 4.78 is 5.11. The van der Waals surface area contributed by atoms with Gasteiger partial charge in [-0.25, -0.2) is 0 Å². The number of amides is 3. The van der Waals surface area contributed by atoms with E-state index in [-0.39, 0.29) is 30.8 Å². The number of carbonyl (C=O) groups is 3. The minimum atomic E-state index is -0.331. The van der Waals surface area contributed by atoms with Gasteiger partial charge in [-0.2, -0.15) is 0 Å². The molecule has 7 nitrogen and oxygen atoms in total. The Balaban J connectivity index is 1.51. The van der Waals surface area contributed by atoms with Crippen molar-refractivity contribution in [1.82, 2.24) is 10.6 Å². The Morgan fingerprint density at radius 3 is 2.83 bits per heavy atom. The molecule has 0 unspecified atom stereocenters. The molecule has 3 rings (SSSR count). The highest BCUT2D eigenvalue weighted by atomic mass is 16.3. The molecule has 1 aromatic heterocycles. The molecule has 7 heteroatoms. The third kappa shape index (κ3) is 3.81. The van der Waals surface area contributed by atoms with Crippen LogP contribution in [-0.4, -0.2) is 24.3 Å². The van der Waals surface area contributed by atoms with Crippen molar-refractivity contribution in [3.05, 3.63) is 53.5 Å². The van der Waals surface area contributed by atoms with Crippen LogP contribution in [0.1, 0.15) is 28.1 Å². The van der Waals surface area contributed by atoms with Crippen LogP contribution in [0.25, 0.3) is 0 Å². The molecule has 124 valence electrons. The molecule has 0 fully saturated rings. The molecule has 3 N–H and O–H groups in total. The average Bonchev–Trinajstić information content (AvgIpc) is 3.11. The van der Waals surface area contributed by atoms with Crippen LogP contribution in [0, 0.1) is 0 Å². The van der Waals surface area contributed by atoms with Gasteiger partial charge in [0.2, 0.25) is 11.8 Å². The van der Waals surface area contributed by atoms with Gasteiger partial charge in [0.15, 0.2) is 0 Å². The minimum absolute atomic E-state index is 0.0204. The number of furan rings is 1. The first-order valence-electron chi connectivity index (χ1n) is 7.62. The Morgan fingerprint density at radius 1 is 1.17 bits per heavy atom. The van der Waals surface area contributed by atoms with Crippen molar-refractivity contribution >= 4 is 23.4 Å². The summed E-state index contributed by atoms with van der Waals surface area (Å²) in [5, 5.41) is 7.99. The van der Waals surface area contributed by atoms with Crippen LogP contribution in [-0.2, 0) is 22.6 Å². The van der Waals surface area contributed by atoms with E-state index < -0.39 is 0 Å². The Bertz CT molecular complexity index is 768. The maximum Gasteiger partial charge on any atom is 0.251 e. The fourth-order valence-corrected chi connectivity index (χ4v) is 2.45. The summed E-state index contributed by atoms with van der Waals surface area (Å²) >= 11 is 0. The van der Waals surface area contributed by atoms with E-state index in [1.54, 1.807) is 30.3 Å². The number of rotatable bonds is 5. The third-order valence-electron chi connectivity index (χ3n) is 3.71. The molecule has 1 aromatic carbocycles. The molecule has 2 aromatic rings. The third-order valence-corrected chi connectivity index (χ3v) is 3.71. The van der Waals surface area contributed by atoms with Gasteiger partial charge in [-0.1, -0.05) is 0 Å². The lowest BCUT2D eigenvalue weighted by molar-refractivity contribution is -0.120. The Labute approximate surface area is 138 Å². The molecular formula is C17H17N3O4. The van der Waals surface area contributed by atoms with Crippen molar-refractivity contribution in [2.75, 3.05) is 11.9 Å². The summed E-state index contributed by atoms with van der Waals surface area (Å²) in [6.45, 7) is 0.160. The number of carbonyl (C=O) groups excluding carboxylic acids is 3. The lowest BCUT2D eigenvalue weighted by atomic mass is 10.00. The van der Waals surface area contributed by atoms with E-state index in [0.29, 0.717) is 24.2 Å². The van der Waals surface area contributed by atoms with Gasteiger partial charge in [-0.3, -0.25) is 14.4 Å². The molecule has 0 radical (unpaired) electrons. The van der Waals surface area contributed by atoms with E-state index in [1.807, 2.05) is 0 Å². The van der Waals surface area contributed by atoms with E-state index >= 15 is 0 Å². The van der Waals surface area contributed by atoms with Crippen LogP contribution in [0.3, 0.4) is 0 Å². The van der Waals surface area contributed by atoms with Gasteiger partial charge in [0.25, 0.3) is 5.91 Å². The Morgan fingerprint density at radius 2 is 2.04 bits per heavy atom. The zero-order chi connectivity index (χ0) is 16.9. The van der Waals surface area contributed by atoms with Gasteiger partial charge >= 0.3 is 0 Å². The zero-order valence-electron chi connectivity index (χ0n) is 12.9.